The third-order valence-corrected chi connectivity index (χ3v) is 5.26. The van der Waals surface area contributed by atoms with Gasteiger partial charge < -0.3 is 14.9 Å². The maximum absolute atomic E-state index is 12.8. The van der Waals surface area contributed by atoms with E-state index < -0.39 is 27.3 Å². The number of nitrogens with one attached hydrogen (secondary N) is 1. The summed E-state index contributed by atoms with van der Waals surface area (Å²) in [6.07, 6.45) is 0. The van der Waals surface area contributed by atoms with Crippen LogP contribution in [-0.2, 0) is 10.0 Å². The standard InChI is InChI=1S/C18H15NO6S/c1-25-12-8-6-11(7-9-12)19-26(23,24)16-10-15(18(21)22)17(20)14-5-3-2-4-13(14)16/h2-10,19-20H,1H3,(H,21,22). The zero-order valence-electron chi connectivity index (χ0n) is 13.6. The summed E-state index contributed by atoms with van der Waals surface area (Å²) in [4.78, 5) is 11.1. The third-order valence-electron chi connectivity index (χ3n) is 3.84. The Kier molecular flexibility index (Phi) is 4.43. The van der Waals surface area contributed by atoms with Gasteiger partial charge in [0.25, 0.3) is 10.0 Å². The summed E-state index contributed by atoms with van der Waals surface area (Å²) in [5.41, 5.74) is -0.196. The van der Waals surface area contributed by atoms with Gasteiger partial charge in [-0.25, -0.2) is 13.2 Å². The van der Waals surface area contributed by atoms with E-state index in [1.807, 2.05) is 0 Å². The van der Waals surface area contributed by atoms with Crippen molar-refractivity contribution in [1.29, 1.82) is 0 Å². The van der Waals surface area contributed by atoms with Crippen LogP contribution in [-0.4, -0.2) is 31.7 Å². The number of rotatable bonds is 5. The fourth-order valence-corrected chi connectivity index (χ4v) is 3.88. The number of aromatic carboxylic acids is 1. The number of sulfonamides is 1. The van der Waals surface area contributed by atoms with E-state index in [1.165, 1.54) is 31.4 Å². The molecule has 0 aromatic heterocycles. The van der Waals surface area contributed by atoms with Gasteiger partial charge in [-0.05, 0) is 30.3 Å². The lowest BCUT2D eigenvalue weighted by molar-refractivity contribution is 0.0694. The first-order valence-corrected chi connectivity index (χ1v) is 8.96. The Morgan fingerprint density at radius 1 is 1.04 bits per heavy atom. The third kappa shape index (κ3) is 3.14. The number of carbonyl (C=O) groups is 1. The minimum absolute atomic E-state index is 0.141. The number of carboxylic acid groups (broad SMARTS) is 1. The fourth-order valence-electron chi connectivity index (χ4n) is 2.58. The van der Waals surface area contributed by atoms with E-state index in [0.29, 0.717) is 11.4 Å². The molecule has 0 spiro atoms. The molecule has 0 aliphatic heterocycles. The van der Waals surface area contributed by atoms with Crippen LogP contribution in [0.15, 0.2) is 59.5 Å². The number of benzene rings is 3. The normalized spacial score (nSPS) is 11.3. The highest BCUT2D eigenvalue weighted by Gasteiger charge is 2.24. The zero-order valence-corrected chi connectivity index (χ0v) is 14.4. The molecule has 0 aliphatic carbocycles. The number of aromatic hydroxyl groups is 1. The van der Waals surface area contributed by atoms with Gasteiger partial charge in [-0.1, -0.05) is 24.3 Å². The van der Waals surface area contributed by atoms with Crippen molar-refractivity contribution in [2.45, 2.75) is 4.90 Å². The lowest BCUT2D eigenvalue weighted by Crippen LogP contribution is -2.14. The number of fused-ring (bicyclic) bond motifs is 1. The molecule has 3 aromatic carbocycles. The predicted octanol–water partition coefficient (Wildman–Crippen LogP) is 3.05. The van der Waals surface area contributed by atoms with Gasteiger partial charge in [0.2, 0.25) is 0 Å². The van der Waals surface area contributed by atoms with Crippen LogP contribution in [0.1, 0.15) is 10.4 Å². The molecule has 134 valence electrons. The Labute approximate surface area is 149 Å². The van der Waals surface area contributed by atoms with Crippen molar-refractivity contribution in [3.63, 3.8) is 0 Å². The number of ether oxygens (including phenoxy) is 1. The smallest absolute Gasteiger partial charge is 0.339 e. The molecule has 0 bridgehead atoms. The maximum atomic E-state index is 12.8. The Hall–Kier alpha value is -3.26. The maximum Gasteiger partial charge on any atom is 0.339 e. The minimum atomic E-state index is -4.10. The lowest BCUT2D eigenvalue weighted by Gasteiger charge is -2.13. The van der Waals surface area contributed by atoms with Crippen LogP contribution >= 0.6 is 0 Å². The summed E-state index contributed by atoms with van der Waals surface area (Å²) < 4.78 is 33.1. The average Bonchev–Trinajstić information content (AvgIpc) is 2.62. The molecule has 26 heavy (non-hydrogen) atoms. The molecule has 0 radical (unpaired) electrons. The molecule has 0 fully saturated rings. The van der Waals surface area contributed by atoms with Crippen LogP contribution in [0.25, 0.3) is 10.8 Å². The van der Waals surface area contributed by atoms with E-state index in [4.69, 9.17) is 4.74 Å². The number of phenols is 1. The molecule has 0 unspecified atom stereocenters. The molecule has 0 amide bonds. The summed E-state index contributed by atoms with van der Waals surface area (Å²) >= 11 is 0. The van der Waals surface area contributed by atoms with Crippen molar-refractivity contribution >= 4 is 32.5 Å². The van der Waals surface area contributed by atoms with Crippen molar-refractivity contribution < 1.29 is 28.2 Å². The lowest BCUT2D eigenvalue weighted by atomic mass is 10.1. The summed E-state index contributed by atoms with van der Waals surface area (Å²) in [5.74, 6) is -1.33. The van der Waals surface area contributed by atoms with E-state index >= 15 is 0 Å². The number of hydrogen-bond acceptors (Lipinski definition) is 5. The highest BCUT2D eigenvalue weighted by molar-refractivity contribution is 7.93. The average molecular weight is 373 g/mol. The van der Waals surface area contributed by atoms with Crippen LogP contribution in [0.5, 0.6) is 11.5 Å². The molecule has 0 saturated carbocycles. The van der Waals surface area contributed by atoms with E-state index in [9.17, 15) is 23.4 Å². The van der Waals surface area contributed by atoms with Crippen LogP contribution in [0.3, 0.4) is 0 Å². The van der Waals surface area contributed by atoms with E-state index in [2.05, 4.69) is 4.72 Å². The highest BCUT2D eigenvalue weighted by Crippen LogP contribution is 2.34. The summed E-state index contributed by atoms with van der Waals surface area (Å²) in [6, 6.07) is 13.3. The number of methoxy groups -OCH3 is 1. The molecular formula is C18H15NO6S. The second-order valence-corrected chi connectivity index (χ2v) is 7.11. The molecule has 7 nitrogen and oxygen atoms in total. The van der Waals surface area contributed by atoms with Gasteiger partial charge in [-0.2, -0.15) is 0 Å². The largest absolute Gasteiger partial charge is 0.506 e. The number of anilines is 1. The summed E-state index contributed by atoms with van der Waals surface area (Å²) in [7, 11) is -2.60. The molecule has 0 saturated heterocycles. The second kappa shape index (κ2) is 6.57. The number of carboxylic acids is 1. The van der Waals surface area contributed by atoms with Gasteiger partial charge in [0, 0.05) is 16.5 Å². The quantitative estimate of drug-likeness (QED) is 0.633. The topological polar surface area (TPSA) is 113 Å². The van der Waals surface area contributed by atoms with Gasteiger partial charge in [0.15, 0.2) is 0 Å². The van der Waals surface area contributed by atoms with E-state index in [-0.39, 0.29) is 15.7 Å². The Morgan fingerprint density at radius 2 is 1.65 bits per heavy atom. The van der Waals surface area contributed by atoms with Crippen LogP contribution in [0.2, 0.25) is 0 Å². The van der Waals surface area contributed by atoms with Crippen molar-refractivity contribution in [3.05, 3.63) is 60.2 Å². The molecule has 0 aliphatic rings. The van der Waals surface area contributed by atoms with Crippen LogP contribution in [0.4, 0.5) is 5.69 Å². The Bertz CT molecular complexity index is 1090. The molecular weight excluding hydrogens is 358 g/mol. The second-order valence-electron chi connectivity index (χ2n) is 5.46. The first kappa shape index (κ1) is 17.6. The van der Waals surface area contributed by atoms with Crippen molar-refractivity contribution in [2.75, 3.05) is 11.8 Å². The van der Waals surface area contributed by atoms with Gasteiger partial charge in [-0.3, -0.25) is 4.72 Å². The van der Waals surface area contributed by atoms with Gasteiger partial charge in [-0.15, -0.1) is 0 Å². The fraction of sp³-hybridized carbons (Fsp3) is 0.0556. The van der Waals surface area contributed by atoms with E-state index in [1.54, 1.807) is 24.3 Å². The molecule has 0 atom stereocenters. The van der Waals surface area contributed by atoms with Gasteiger partial charge >= 0.3 is 5.97 Å². The Morgan fingerprint density at radius 3 is 2.23 bits per heavy atom. The van der Waals surface area contributed by atoms with Gasteiger partial charge in [0.05, 0.1) is 12.0 Å². The van der Waals surface area contributed by atoms with Gasteiger partial charge in [0.1, 0.15) is 17.1 Å². The minimum Gasteiger partial charge on any atom is -0.506 e. The first-order valence-electron chi connectivity index (χ1n) is 7.48. The summed E-state index contributed by atoms with van der Waals surface area (Å²) in [5, 5.41) is 19.8. The van der Waals surface area contributed by atoms with Crippen molar-refractivity contribution in [1.82, 2.24) is 0 Å². The van der Waals surface area contributed by atoms with E-state index in [0.717, 1.165) is 6.07 Å². The molecule has 3 rings (SSSR count). The highest BCUT2D eigenvalue weighted by atomic mass is 32.2. The van der Waals surface area contributed by atoms with Crippen molar-refractivity contribution in [3.8, 4) is 11.5 Å². The molecule has 8 heteroatoms. The predicted molar refractivity (Wildman–Crippen MR) is 96.4 cm³/mol. The zero-order chi connectivity index (χ0) is 18.9. The first-order chi connectivity index (χ1) is 12.3. The summed E-state index contributed by atoms with van der Waals surface area (Å²) in [6.45, 7) is 0. The van der Waals surface area contributed by atoms with Crippen molar-refractivity contribution in [2.24, 2.45) is 0 Å². The monoisotopic (exact) mass is 373 g/mol. The SMILES string of the molecule is COc1ccc(NS(=O)(=O)c2cc(C(=O)O)c(O)c3ccccc23)cc1. The van der Waals surface area contributed by atoms with Crippen LogP contribution < -0.4 is 9.46 Å². The number of hydrogen-bond donors (Lipinski definition) is 3. The molecule has 3 aromatic rings. The van der Waals surface area contributed by atoms with Crippen LogP contribution in [0, 0.1) is 0 Å². The molecule has 3 N–H and O–H groups in total. The Balaban J connectivity index is 2.16. The molecule has 0 heterocycles.